The number of rotatable bonds is 4. The summed E-state index contributed by atoms with van der Waals surface area (Å²) < 4.78 is 5.39. The highest BCUT2D eigenvalue weighted by Crippen LogP contribution is 2.29. The zero-order valence-corrected chi connectivity index (χ0v) is 11.3. The number of amides is 3. The molecule has 1 unspecified atom stereocenters. The summed E-state index contributed by atoms with van der Waals surface area (Å²) in [4.78, 5) is 22.0. The van der Waals surface area contributed by atoms with Gasteiger partial charge in [-0.1, -0.05) is 11.6 Å². The van der Waals surface area contributed by atoms with E-state index in [1.54, 1.807) is 25.1 Å². The molecular formula is C12H15ClN2O4. The Bertz CT molecular complexity index is 491. The molecule has 0 heterocycles. The number of halogens is 1. The van der Waals surface area contributed by atoms with E-state index in [1.165, 1.54) is 6.92 Å². The van der Waals surface area contributed by atoms with Crippen molar-refractivity contribution in [1.82, 2.24) is 5.32 Å². The van der Waals surface area contributed by atoms with Gasteiger partial charge in [0.25, 0.3) is 5.91 Å². The number of aliphatic hydroxyl groups excluding tert-OH is 1. The molecule has 7 heteroatoms. The quantitative estimate of drug-likeness (QED) is 0.777. The fourth-order valence-electron chi connectivity index (χ4n) is 1.42. The van der Waals surface area contributed by atoms with Crippen LogP contribution in [0.3, 0.4) is 0 Å². The van der Waals surface area contributed by atoms with Crippen molar-refractivity contribution in [2.75, 3.05) is 0 Å². The molecule has 1 rings (SSSR count). The number of carbonyl (C=O) groups excluding carboxylic acids is 2. The molecule has 0 aliphatic carbocycles. The fraction of sp³-hybridized carbons (Fsp3) is 0.333. The van der Waals surface area contributed by atoms with Gasteiger partial charge < -0.3 is 15.6 Å². The van der Waals surface area contributed by atoms with Crippen LogP contribution in [0, 0.1) is 0 Å². The van der Waals surface area contributed by atoms with Crippen LogP contribution in [0.15, 0.2) is 18.2 Å². The van der Waals surface area contributed by atoms with Gasteiger partial charge in [-0.05, 0) is 32.0 Å². The summed E-state index contributed by atoms with van der Waals surface area (Å²) in [6, 6.07) is 3.70. The fourth-order valence-corrected chi connectivity index (χ4v) is 1.60. The van der Waals surface area contributed by atoms with Gasteiger partial charge in [-0.25, -0.2) is 4.79 Å². The number of imide groups is 1. The first-order chi connectivity index (χ1) is 8.81. The largest absolute Gasteiger partial charge is 0.480 e. The van der Waals surface area contributed by atoms with E-state index in [0.29, 0.717) is 16.3 Å². The molecule has 2 atom stereocenters. The molecule has 104 valence electrons. The molecule has 0 saturated heterocycles. The Morgan fingerprint density at radius 2 is 2.05 bits per heavy atom. The number of urea groups is 1. The highest BCUT2D eigenvalue weighted by atomic mass is 35.5. The second-order valence-corrected chi connectivity index (χ2v) is 4.41. The van der Waals surface area contributed by atoms with Gasteiger partial charge in [-0.3, -0.25) is 10.1 Å². The van der Waals surface area contributed by atoms with Crippen LogP contribution < -0.4 is 15.8 Å². The summed E-state index contributed by atoms with van der Waals surface area (Å²) in [5.41, 5.74) is 5.29. The topological polar surface area (TPSA) is 102 Å². The minimum Gasteiger partial charge on any atom is -0.480 e. The van der Waals surface area contributed by atoms with Crippen molar-refractivity contribution in [1.29, 1.82) is 0 Å². The lowest BCUT2D eigenvalue weighted by Gasteiger charge is -2.17. The molecule has 0 bridgehead atoms. The molecule has 0 radical (unpaired) electrons. The van der Waals surface area contributed by atoms with E-state index in [2.05, 4.69) is 0 Å². The summed E-state index contributed by atoms with van der Waals surface area (Å²) in [7, 11) is 0. The molecule has 4 N–H and O–H groups in total. The second-order valence-electron chi connectivity index (χ2n) is 3.97. The minimum absolute atomic E-state index is 0.312. The Balaban J connectivity index is 2.87. The molecule has 0 aromatic heterocycles. The van der Waals surface area contributed by atoms with Gasteiger partial charge >= 0.3 is 6.03 Å². The molecule has 6 nitrogen and oxygen atoms in total. The zero-order chi connectivity index (χ0) is 14.6. The second kappa shape index (κ2) is 6.40. The lowest BCUT2D eigenvalue weighted by atomic mass is 10.1. The maximum atomic E-state index is 11.5. The number of hydrogen-bond donors (Lipinski definition) is 3. The van der Waals surface area contributed by atoms with E-state index in [9.17, 15) is 14.7 Å². The van der Waals surface area contributed by atoms with Crippen LogP contribution >= 0.6 is 11.6 Å². The number of aliphatic hydroxyl groups is 1. The number of nitrogens with two attached hydrogens (primary N) is 1. The van der Waals surface area contributed by atoms with E-state index in [-0.39, 0.29) is 0 Å². The molecule has 0 aliphatic heterocycles. The van der Waals surface area contributed by atoms with Crippen LogP contribution in [-0.4, -0.2) is 23.1 Å². The average Bonchev–Trinajstić information content (AvgIpc) is 2.30. The third kappa shape index (κ3) is 4.42. The molecule has 0 saturated carbocycles. The number of hydrogen-bond acceptors (Lipinski definition) is 4. The molecular weight excluding hydrogens is 272 g/mol. The lowest BCUT2D eigenvalue weighted by Crippen LogP contribution is -2.42. The van der Waals surface area contributed by atoms with Crippen LogP contribution in [0.5, 0.6) is 5.75 Å². The molecule has 19 heavy (non-hydrogen) atoms. The van der Waals surface area contributed by atoms with Crippen LogP contribution in [0.25, 0.3) is 0 Å². The van der Waals surface area contributed by atoms with Crippen molar-refractivity contribution in [3.63, 3.8) is 0 Å². The zero-order valence-electron chi connectivity index (χ0n) is 10.5. The van der Waals surface area contributed by atoms with Gasteiger partial charge in [0.2, 0.25) is 0 Å². The smallest absolute Gasteiger partial charge is 0.318 e. The normalized spacial score (nSPS) is 13.5. The highest BCUT2D eigenvalue weighted by Gasteiger charge is 2.19. The monoisotopic (exact) mass is 286 g/mol. The van der Waals surface area contributed by atoms with Crippen molar-refractivity contribution in [2.45, 2.75) is 26.1 Å². The van der Waals surface area contributed by atoms with E-state index >= 15 is 0 Å². The Kier molecular flexibility index (Phi) is 5.14. The minimum atomic E-state index is -0.952. The van der Waals surface area contributed by atoms with Gasteiger partial charge in [-0.2, -0.15) is 0 Å². The van der Waals surface area contributed by atoms with Crippen LogP contribution in [0.2, 0.25) is 5.02 Å². The molecule has 0 spiro atoms. The van der Waals surface area contributed by atoms with Crippen LogP contribution in [0.1, 0.15) is 25.5 Å². The lowest BCUT2D eigenvalue weighted by molar-refractivity contribution is -0.126. The molecule has 0 fully saturated rings. The van der Waals surface area contributed by atoms with Crippen molar-refractivity contribution in [3.8, 4) is 5.75 Å². The standard InChI is InChI=1S/C12H15ClN2O4/c1-6(16)9-5-8(13)3-4-10(9)19-7(2)11(17)15-12(14)18/h3-7,16H,1-2H3,(H3,14,15,17,18)/t6-,7?/m0/s1. The van der Waals surface area contributed by atoms with Crippen molar-refractivity contribution in [2.24, 2.45) is 5.73 Å². The maximum Gasteiger partial charge on any atom is 0.318 e. The summed E-state index contributed by atoms with van der Waals surface area (Å²) in [5.74, 6) is -0.356. The number of carbonyl (C=O) groups is 2. The van der Waals surface area contributed by atoms with Crippen LogP contribution in [0.4, 0.5) is 4.79 Å². The Hall–Kier alpha value is -1.79. The number of primary amides is 1. The van der Waals surface area contributed by atoms with E-state index in [0.717, 1.165) is 0 Å². The summed E-state index contributed by atoms with van der Waals surface area (Å²) in [6.07, 6.45) is -1.74. The van der Waals surface area contributed by atoms with Crippen molar-refractivity contribution >= 4 is 23.5 Å². The average molecular weight is 287 g/mol. The van der Waals surface area contributed by atoms with Gasteiger partial charge in [0.05, 0.1) is 6.10 Å². The van der Waals surface area contributed by atoms with E-state index in [4.69, 9.17) is 22.1 Å². The van der Waals surface area contributed by atoms with Crippen LogP contribution in [-0.2, 0) is 4.79 Å². The Morgan fingerprint density at radius 1 is 1.42 bits per heavy atom. The maximum absolute atomic E-state index is 11.5. The number of nitrogens with one attached hydrogen (secondary N) is 1. The molecule has 3 amide bonds. The predicted molar refractivity (Wildman–Crippen MR) is 69.9 cm³/mol. The first-order valence-corrected chi connectivity index (χ1v) is 5.93. The van der Waals surface area contributed by atoms with E-state index < -0.39 is 24.1 Å². The predicted octanol–water partition coefficient (Wildman–Crippen LogP) is 1.36. The molecule has 0 aliphatic rings. The number of benzene rings is 1. The third-order valence-corrected chi connectivity index (χ3v) is 2.58. The SMILES string of the molecule is CC(Oc1ccc(Cl)cc1[C@H](C)O)C(=O)NC(N)=O. The summed E-state index contributed by atoms with van der Waals surface area (Å²) in [5, 5.41) is 12.0. The first-order valence-electron chi connectivity index (χ1n) is 5.55. The number of ether oxygens (including phenoxy) is 1. The van der Waals surface area contributed by atoms with E-state index in [1.807, 2.05) is 5.32 Å². The summed E-state index contributed by atoms with van der Waals surface area (Å²) >= 11 is 5.82. The summed E-state index contributed by atoms with van der Waals surface area (Å²) in [6.45, 7) is 3.01. The molecule has 1 aromatic rings. The van der Waals surface area contributed by atoms with Gasteiger partial charge in [0.15, 0.2) is 6.10 Å². The van der Waals surface area contributed by atoms with Gasteiger partial charge in [-0.15, -0.1) is 0 Å². The first kappa shape index (κ1) is 15.3. The Morgan fingerprint density at radius 3 is 2.58 bits per heavy atom. The van der Waals surface area contributed by atoms with Gasteiger partial charge in [0, 0.05) is 10.6 Å². The third-order valence-electron chi connectivity index (χ3n) is 2.34. The Labute approximate surface area is 115 Å². The highest BCUT2D eigenvalue weighted by molar-refractivity contribution is 6.30. The van der Waals surface area contributed by atoms with Crippen molar-refractivity contribution < 1.29 is 19.4 Å². The van der Waals surface area contributed by atoms with Gasteiger partial charge in [0.1, 0.15) is 5.75 Å². The van der Waals surface area contributed by atoms with Crippen molar-refractivity contribution in [3.05, 3.63) is 28.8 Å². The molecule has 1 aromatic carbocycles.